The summed E-state index contributed by atoms with van der Waals surface area (Å²) < 4.78 is 11.3. The molecule has 16 heavy (non-hydrogen) atoms. The molecule has 0 saturated heterocycles. The molecule has 1 unspecified atom stereocenters. The van der Waals surface area contributed by atoms with Gasteiger partial charge in [-0.2, -0.15) is 0 Å². The SMILES string of the molecule is COc1ccc2c(c1)OC(CCN)[N+]2=O.Cl. The van der Waals surface area contributed by atoms with Crippen molar-refractivity contribution in [3.8, 4) is 11.5 Å². The number of ether oxygens (including phenoxy) is 2. The summed E-state index contributed by atoms with van der Waals surface area (Å²) in [6.45, 7) is 0.425. The summed E-state index contributed by atoms with van der Waals surface area (Å²) in [4.78, 5) is 11.7. The van der Waals surface area contributed by atoms with Gasteiger partial charge in [-0.15, -0.1) is 12.4 Å². The number of hydrogen-bond acceptors (Lipinski definition) is 4. The maximum Gasteiger partial charge on any atom is 0.351 e. The van der Waals surface area contributed by atoms with Crippen molar-refractivity contribution >= 4 is 18.1 Å². The summed E-state index contributed by atoms with van der Waals surface area (Å²) in [7, 11) is 1.57. The van der Waals surface area contributed by atoms with Crippen LogP contribution in [0.3, 0.4) is 0 Å². The number of nitrogens with zero attached hydrogens (tertiary/aromatic N) is 1. The lowest BCUT2D eigenvalue weighted by atomic mass is 10.3. The number of benzene rings is 1. The zero-order valence-corrected chi connectivity index (χ0v) is 9.70. The number of methoxy groups -OCH3 is 1. The molecule has 1 aliphatic heterocycles. The fraction of sp³-hybridized carbons (Fsp3) is 0.400. The van der Waals surface area contributed by atoms with Crippen molar-refractivity contribution in [2.75, 3.05) is 13.7 Å². The van der Waals surface area contributed by atoms with Gasteiger partial charge in [0, 0.05) is 23.6 Å². The lowest BCUT2D eigenvalue weighted by Gasteiger charge is -2.00. The van der Waals surface area contributed by atoms with Gasteiger partial charge < -0.3 is 15.2 Å². The second-order valence-electron chi connectivity index (χ2n) is 3.31. The average molecular weight is 246 g/mol. The van der Waals surface area contributed by atoms with Crippen LogP contribution in [0.25, 0.3) is 0 Å². The van der Waals surface area contributed by atoms with Crippen LogP contribution in [0.5, 0.6) is 11.5 Å². The molecule has 1 aromatic carbocycles. The van der Waals surface area contributed by atoms with Crippen molar-refractivity contribution in [1.29, 1.82) is 0 Å². The largest absolute Gasteiger partial charge is 0.497 e. The highest BCUT2D eigenvalue weighted by Crippen LogP contribution is 2.38. The van der Waals surface area contributed by atoms with Crippen LogP contribution in [0.15, 0.2) is 18.2 Å². The third-order valence-electron chi connectivity index (χ3n) is 2.34. The summed E-state index contributed by atoms with van der Waals surface area (Å²) in [6, 6.07) is 5.13. The van der Waals surface area contributed by atoms with Gasteiger partial charge >= 0.3 is 11.9 Å². The van der Waals surface area contributed by atoms with Crippen LogP contribution in [-0.2, 0) is 0 Å². The van der Waals surface area contributed by atoms with Gasteiger partial charge in [-0.25, -0.2) is 0 Å². The fourth-order valence-electron chi connectivity index (χ4n) is 1.57. The summed E-state index contributed by atoms with van der Waals surface area (Å²) >= 11 is 0. The van der Waals surface area contributed by atoms with E-state index in [9.17, 15) is 4.91 Å². The number of fused-ring (bicyclic) bond motifs is 1. The molecule has 1 aliphatic rings. The molecule has 2 N–H and O–H groups in total. The zero-order valence-electron chi connectivity index (χ0n) is 8.88. The molecule has 6 heteroatoms. The highest BCUT2D eigenvalue weighted by Gasteiger charge is 2.40. The smallest absolute Gasteiger partial charge is 0.351 e. The Balaban J connectivity index is 0.00000128. The molecule has 0 fully saturated rings. The predicted molar refractivity (Wildman–Crippen MR) is 61.6 cm³/mol. The van der Waals surface area contributed by atoms with E-state index in [0.29, 0.717) is 30.2 Å². The van der Waals surface area contributed by atoms with Crippen LogP contribution in [0.2, 0.25) is 0 Å². The van der Waals surface area contributed by atoms with E-state index in [1.54, 1.807) is 25.3 Å². The first-order valence-electron chi connectivity index (χ1n) is 4.77. The molecule has 1 heterocycles. The Labute approximate surface area is 99.5 Å². The maximum atomic E-state index is 11.7. The lowest BCUT2D eigenvalue weighted by molar-refractivity contribution is -0.529. The summed E-state index contributed by atoms with van der Waals surface area (Å²) in [5.74, 6) is 1.23. The molecule has 0 bridgehead atoms. The molecule has 0 spiro atoms. The second kappa shape index (κ2) is 5.14. The fourth-order valence-corrected chi connectivity index (χ4v) is 1.57. The van der Waals surface area contributed by atoms with E-state index in [4.69, 9.17) is 15.2 Å². The minimum atomic E-state index is -0.503. The van der Waals surface area contributed by atoms with Gasteiger partial charge in [0.1, 0.15) is 5.75 Å². The third-order valence-corrected chi connectivity index (χ3v) is 2.34. The minimum Gasteiger partial charge on any atom is -0.497 e. The topological polar surface area (TPSA) is 64.6 Å². The van der Waals surface area contributed by atoms with Gasteiger partial charge in [-0.1, -0.05) is 0 Å². The van der Waals surface area contributed by atoms with Gasteiger partial charge in [0.05, 0.1) is 18.3 Å². The van der Waals surface area contributed by atoms with Crippen LogP contribution in [-0.4, -0.2) is 24.6 Å². The molecule has 0 aromatic heterocycles. The van der Waals surface area contributed by atoms with E-state index in [2.05, 4.69) is 0 Å². The van der Waals surface area contributed by atoms with E-state index < -0.39 is 6.23 Å². The number of halogens is 1. The van der Waals surface area contributed by atoms with Gasteiger partial charge in [0.15, 0.2) is 0 Å². The van der Waals surface area contributed by atoms with Crippen molar-refractivity contribution < 1.29 is 14.2 Å². The van der Waals surface area contributed by atoms with E-state index in [0.717, 1.165) is 4.76 Å². The molecule has 1 atom stereocenters. The number of rotatable bonds is 3. The van der Waals surface area contributed by atoms with E-state index in [-0.39, 0.29) is 12.4 Å². The van der Waals surface area contributed by atoms with Crippen molar-refractivity contribution in [2.24, 2.45) is 5.73 Å². The summed E-state index contributed by atoms with van der Waals surface area (Å²) in [5.41, 5.74) is 5.93. The summed E-state index contributed by atoms with van der Waals surface area (Å²) in [6.07, 6.45) is 0.0117. The molecule has 5 nitrogen and oxygen atoms in total. The van der Waals surface area contributed by atoms with Gasteiger partial charge in [-0.05, 0) is 6.07 Å². The van der Waals surface area contributed by atoms with Gasteiger partial charge in [0.2, 0.25) is 5.75 Å². The second-order valence-corrected chi connectivity index (χ2v) is 3.31. The Morgan fingerprint density at radius 3 is 2.94 bits per heavy atom. The van der Waals surface area contributed by atoms with Crippen molar-refractivity contribution in [2.45, 2.75) is 12.6 Å². The monoisotopic (exact) mass is 245 g/mol. The van der Waals surface area contributed by atoms with Crippen LogP contribution in [0, 0.1) is 4.91 Å². The van der Waals surface area contributed by atoms with Gasteiger partial charge in [0.25, 0.3) is 0 Å². The predicted octanol–water partition coefficient (Wildman–Crippen LogP) is 1.59. The molecule has 2 rings (SSSR count). The molecule has 0 radical (unpaired) electrons. The van der Waals surface area contributed by atoms with Crippen LogP contribution in [0.4, 0.5) is 5.69 Å². The molecule has 1 aromatic rings. The Bertz CT molecular complexity index is 398. The maximum absolute atomic E-state index is 11.7. The Kier molecular flexibility index (Phi) is 4.09. The molecule has 0 aliphatic carbocycles. The Morgan fingerprint density at radius 2 is 2.31 bits per heavy atom. The number of hydrogen-bond donors (Lipinski definition) is 1. The van der Waals surface area contributed by atoms with E-state index in [1.807, 2.05) is 0 Å². The number of nitroso groups, excluding NO2 is 1. The Morgan fingerprint density at radius 1 is 1.56 bits per heavy atom. The molecular weight excluding hydrogens is 232 g/mol. The first kappa shape index (κ1) is 12.7. The quantitative estimate of drug-likeness (QED) is 0.822. The van der Waals surface area contributed by atoms with Crippen LogP contribution in [0.1, 0.15) is 6.42 Å². The third kappa shape index (κ3) is 2.10. The standard InChI is InChI=1S/C10H13N2O3.ClH/c1-14-7-2-3-8-9(6-7)15-10(4-5-11)12(8)13;/h2-3,6,10H,4-5,11H2,1H3;1H/q+1;. The highest BCUT2D eigenvalue weighted by molar-refractivity contribution is 5.85. The summed E-state index contributed by atoms with van der Waals surface area (Å²) in [5, 5.41) is 0. The van der Waals surface area contributed by atoms with Crippen LogP contribution >= 0.6 is 12.4 Å². The highest BCUT2D eigenvalue weighted by atomic mass is 35.5. The molecule has 88 valence electrons. The van der Waals surface area contributed by atoms with Crippen LogP contribution < -0.4 is 15.2 Å². The van der Waals surface area contributed by atoms with E-state index >= 15 is 0 Å². The molecule has 0 saturated carbocycles. The van der Waals surface area contributed by atoms with Crippen molar-refractivity contribution in [1.82, 2.24) is 0 Å². The minimum absolute atomic E-state index is 0. The lowest BCUT2D eigenvalue weighted by Crippen LogP contribution is -2.24. The zero-order chi connectivity index (χ0) is 10.8. The van der Waals surface area contributed by atoms with Gasteiger partial charge in [-0.3, -0.25) is 0 Å². The first-order valence-corrected chi connectivity index (χ1v) is 4.77. The normalized spacial score (nSPS) is 17.4. The molecule has 0 amide bonds. The Hall–Kier alpha value is -1.33. The number of nitrogens with two attached hydrogens (primary N) is 1. The first-order chi connectivity index (χ1) is 7.26. The van der Waals surface area contributed by atoms with Crippen molar-refractivity contribution in [3.05, 3.63) is 23.1 Å². The average Bonchev–Trinajstić information content (AvgIpc) is 2.56. The van der Waals surface area contributed by atoms with Crippen molar-refractivity contribution in [3.63, 3.8) is 0 Å². The molecular formula is C10H14ClN2O3+. The van der Waals surface area contributed by atoms with E-state index in [1.165, 1.54) is 0 Å².